The molecule has 0 heterocycles. The first kappa shape index (κ1) is 13.0. The van der Waals surface area contributed by atoms with Gasteiger partial charge in [0, 0.05) is 17.1 Å². The van der Waals surface area contributed by atoms with Crippen molar-refractivity contribution in [3.8, 4) is 5.75 Å². The van der Waals surface area contributed by atoms with Gasteiger partial charge >= 0.3 is 5.97 Å². The average Bonchev–Trinajstić information content (AvgIpc) is 2.08. The largest absolute Gasteiger partial charge is 0.508 e. The van der Waals surface area contributed by atoms with E-state index >= 15 is 0 Å². The molecule has 0 aromatic heterocycles. The Morgan fingerprint density at radius 3 is 2.29 bits per heavy atom. The van der Waals surface area contributed by atoms with Crippen LogP contribution < -0.4 is 5.73 Å². The minimum absolute atomic E-state index is 0. The zero-order chi connectivity index (χ0) is 9.84. The van der Waals surface area contributed by atoms with Gasteiger partial charge in [-0.2, -0.15) is 0 Å². The van der Waals surface area contributed by atoms with Crippen molar-refractivity contribution in [2.24, 2.45) is 5.73 Å². The molecule has 4 N–H and O–H groups in total. The van der Waals surface area contributed by atoms with Crippen molar-refractivity contribution in [3.05, 3.63) is 29.8 Å². The van der Waals surface area contributed by atoms with Crippen LogP contribution in [0.1, 0.15) is 5.56 Å². The zero-order valence-electron chi connectivity index (χ0n) is 7.35. The number of phenolic OH excluding ortho intramolecular Hbond substituents is 1. The minimum Gasteiger partial charge on any atom is -0.508 e. The Morgan fingerprint density at radius 2 is 1.86 bits per heavy atom. The number of carboxylic acid groups (broad SMARTS) is 1. The Kier molecular flexibility index (Phi) is 5.23. The molecule has 0 saturated heterocycles. The standard InChI is InChI=1S/C9H11NO3.Mn/c10-8(9(12)13)5-6-1-3-7(11)4-2-6;/h1-4,8,11H,5,10H2,(H,12,13);/t8-;/m1./s1. The summed E-state index contributed by atoms with van der Waals surface area (Å²) in [5, 5.41) is 17.5. The van der Waals surface area contributed by atoms with Crippen LogP contribution in [0.2, 0.25) is 0 Å². The number of carboxylic acids is 1. The fraction of sp³-hybridized carbons (Fsp3) is 0.222. The molecule has 14 heavy (non-hydrogen) atoms. The third-order valence-corrected chi connectivity index (χ3v) is 1.71. The maximum Gasteiger partial charge on any atom is 0.320 e. The van der Waals surface area contributed by atoms with Gasteiger partial charge in [0.1, 0.15) is 11.8 Å². The van der Waals surface area contributed by atoms with Gasteiger partial charge in [-0.15, -0.1) is 0 Å². The second-order valence-corrected chi connectivity index (χ2v) is 2.82. The van der Waals surface area contributed by atoms with Crippen LogP contribution in [0, 0.1) is 0 Å². The molecule has 0 aliphatic carbocycles. The van der Waals surface area contributed by atoms with Crippen LogP contribution >= 0.6 is 0 Å². The van der Waals surface area contributed by atoms with E-state index in [1.807, 2.05) is 0 Å². The molecule has 4 nitrogen and oxygen atoms in total. The van der Waals surface area contributed by atoms with Gasteiger partial charge in [0.05, 0.1) is 0 Å². The predicted molar refractivity (Wildman–Crippen MR) is 47.4 cm³/mol. The first-order valence-electron chi connectivity index (χ1n) is 3.86. The molecule has 5 heteroatoms. The van der Waals surface area contributed by atoms with Crippen LogP contribution in [-0.2, 0) is 28.3 Å². The van der Waals surface area contributed by atoms with E-state index in [1.165, 1.54) is 12.1 Å². The van der Waals surface area contributed by atoms with E-state index in [2.05, 4.69) is 0 Å². The van der Waals surface area contributed by atoms with Crippen LogP contribution in [0.25, 0.3) is 0 Å². The summed E-state index contributed by atoms with van der Waals surface area (Å²) >= 11 is 0. The van der Waals surface area contributed by atoms with Crippen molar-refractivity contribution in [2.75, 3.05) is 0 Å². The summed E-state index contributed by atoms with van der Waals surface area (Å²) in [6, 6.07) is 5.42. The van der Waals surface area contributed by atoms with Gasteiger partial charge in [-0.05, 0) is 24.1 Å². The average molecular weight is 236 g/mol. The van der Waals surface area contributed by atoms with Crippen molar-refractivity contribution in [1.29, 1.82) is 0 Å². The van der Waals surface area contributed by atoms with Gasteiger partial charge in [0.2, 0.25) is 0 Å². The fourth-order valence-corrected chi connectivity index (χ4v) is 0.973. The third-order valence-electron chi connectivity index (χ3n) is 1.71. The Hall–Kier alpha value is -1.03. The summed E-state index contributed by atoms with van der Waals surface area (Å²) in [4.78, 5) is 10.4. The van der Waals surface area contributed by atoms with E-state index in [0.717, 1.165) is 5.56 Å². The molecule has 1 aromatic carbocycles. The van der Waals surface area contributed by atoms with E-state index in [1.54, 1.807) is 12.1 Å². The molecule has 1 radical (unpaired) electrons. The predicted octanol–water partition coefficient (Wildman–Crippen LogP) is 0.344. The summed E-state index contributed by atoms with van der Waals surface area (Å²) < 4.78 is 0. The van der Waals surface area contributed by atoms with Gasteiger partial charge in [-0.25, -0.2) is 0 Å². The number of hydrogen-bond acceptors (Lipinski definition) is 3. The van der Waals surface area contributed by atoms with Crippen molar-refractivity contribution >= 4 is 5.97 Å². The maximum atomic E-state index is 10.4. The number of nitrogens with two attached hydrogens (primary N) is 1. The second kappa shape index (κ2) is 5.65. The summed E-state index contributed by atoms with van der Waals surface area (Å²) in [6.07, 6.45) is 0.273. The van der Waals surface area contributed by atoms with E-state index < -0.39 is 12.0 Å². The quantitative estimate of drug-likeness (QED) is 0.661. The first-order valence-corrected chi connectivity index (χ1v) is 3.86. The second-order valence-electron chi connectivity index (χ2n) is 2.82. The summed E-state index contributed by atoms with van der Waals surface area (Å²) in [5.74, 6) is -0.860. The van der Waals surface area contributed by atoms with Crippen LogP contribution in [0.15, 0.2) is 24.3 Å². The molecule has 1 aromatic rings. The molecule has 1 atom stereocenters. The number of benzene rings is 1. The SMILES string of the molecule is N[C@H](Cc1ccc(O)cc1)C(=O)O.[Mn]. The zero-order valence-corrected chi connectivity index (χ0v) is 8.53. The Balaban J connectivity index is 0.00000169. The molecule has 0 spiro atoms. The molecule has 77 valence electrons. The molecule has 0 aliphatic rings. The van der Waals surface area contributed by atoms with Gasteiger partial charge in [0.25, 0.3) is 0 Å². The number of hydrogen-bond donors (Lipinski definition) is 3. The molecule has 0 saturated carbocycles. The van der Waals surface area contributed by atoms with Crippen molar-refractivity contribution in [1.82, 2.24) is 0 Å². The van der Waals surface area contributed by atoms with E-state index in [4.69, 9.17) is 15.9 Å². The van der Waals surface area contributed by atoms with Crippen LogP contribution in [0.3, 0.4) is 0 Å². The Morgan fingerprint density at radius 1 is 1.36 bits per heavy atom. The number of phenols is 1. The number of aromatic hydroxyl groups is 1. The van der Waals surface area contributed by atoms with Gasteiger partial charge in [0.15, 0.2) is 0 Å². The Bertz CT molecular complexity index is 299. The number of carbonyl (C=O) groups is 1. The number of rotatable bonds is 3. The van der Waals surface area contributed by atoms with Crippen LogP contribution in [0.5, 0.6) is 5.75 Å². The normalized spacial score (nSPS) is 11.5. The van der Waals surface area contributed by atoms with Crippen molar-refractivity contribution in [2.45, 2.75) is 12.5 Å². The Labute approximate surface area is 92.2 Å². The molecule has 0 unspecified atom stereocenters. The van der Waals surface area contributed by atoms with E-state index in [-0.39, 0.29) is 29.2 Å². The van der Waals surface area contributed by atoms with Crippen LogP contribution in [-0.4, -0.2) is 22.2 Å². The molecule has 0 bridgehead atoms. The summed E-state index contributed by atoms with van der Waals surface area (Å²) in [6.45, 7) is 0. The molecule has 0 aliphatic heterocycles. The number of aliphatic carboxylic acids is 1. The molecular weight excluding hydrogens is 225 g/mol. The monoisotopic (exact) mass is 236 g/mol. The van der Waals surface area contributed by atoms with Crippen LogP contribution in [0.4, 0.5) is 0 Å². The van der Waals surface area contributed by atoms with Crippen molar-refractivity contribution < 1.29 is 32.1 Å². The molecule has 0 fully saturated rings. The topological polar surface area (TPSA) is 83.5 Å². The van der Waals surface area contributed by atoms with E-state index in [9.17, 15) is 4.79 Å². The van der Waals surface area contributed by atoms with Gasteiger partial charge in [-0.3, -0.25) is 4.79 Å². The molecule has 0 amide bonds. The van der Waals surface area contributed by atoms with Gasteiger partial charge in [-0.1, -0.05) is 12.1 Å². The van der Waals surface area contributed by atoms with E-state index in [0.29, 0.717) is 0 Å². The molecular formula is C9H11MnNO3. The third kappa shape index (κ3) is 3.79. The fourth-order valence-electron chi connectivity index (χ4n) is 0.973. The maximum absolute atomic E-state index is 10.4. The summed E-state index contributed by atoms with van der Waals surface area (Å²) in [7, 11) is 0. The molecule has 1 rings (SSSR count). The van der Waals surface area contributed by atoms with Crippen molar-refractivity contribution in [3.63, 3.8) is 0 Å². The summed E-state index contributed by atoms with van der Waals surface area (Å²) in [5.41, 5.74) is 6.12. The smallest absolute Gasteiger partial charge is 0.320 e. The first-order chi connectivity index (χ1) is 6.09. The minimum atomic E-state index is -1.02. The van der Waals surface area contributed by atoms with Gasteiger partial charge < -0.3 is 15.9 Å².